The lowest BCUT2D eigenvalue weighted by Gasteiger charge is -2.31. The van der Waals surface area contributed by atoms with Crippen molar-refractivity contribution >= 4 is 56.4 Å². The molecule has 0 unspecified atom stereocenters. The van der Waals surface area contributed by atoms with Crippen molar-refractivity contribution in [3.8, 4) is 11.3 Å². The van der Waals surface area contributed by atoms with Gasteiger partial charge >= 0.3 is 18.3 Å². The summed E-state index contributed by atoms with van der Waals surface area (Å²) in [6, 6.07) is 9.93. The molecule has 1 saturated carbocycles. The number of aromatic nitrogens is 3. The van der Waals surface area contributed by atoms with Crippen LogP contribution in [-0.4, -0.2) is 64.3 Å². The number of aryl methyl sites for hydroxylation is 1. The highest BCUT2D eigenvalue weighted by atomic mass is 35.5. The number of carbonyl (C=O) groups is 3. The molecule has 1 aliphatic carbocycles. The van der Waals surface area contributed by atoms with E-state index in [0.717, 1.165) is 10.5 Å². The van der Waals surface area contributed by atoms with Crippen molar-refractivity contribution in [2.45, 2.75) is 141 Å². The zero-order valence-corrected chi connectivity index (χ0v) is 36.3. The van der Waals surface area contributed by atoms with Crippen LogP contribution in [0, 0.1) is 5.82 Å². The van der Waals surface area contributed by atoms with Crippen LogP contribution in [0.1, 0.15) is 112 Å². The average molecular weight is 842 g/mol. The van der Waals surface area contributed by atoms with Gasteiger partial charge in [0, 0.05) is 29.9 Å². The predicted octanol–water partition coefficient (Wildman–Crippen LogP) is 10.1. The van der Waals surface area contributed by atoms with E-state index in [4.69, 9.17) is 35.9 Å². The molecule has 3 amide bonds. The van der Waals surface area contributed by atoms with Crippen LogP contribution >= 0.6 is 11.6 Å². The van der Waals surface area contributed by atoms with Gasteiger partial charge in [0.15, 0.2) is 15.7 Å². The molecular formula is C42H53ClFN5O8S. The molecule has 0 bridgehead atoms. The number of carbonyl (C=O) groups excluding carboxylic acids is 3. The van der Waals surface area contributed by atoms with E-state index in [1.807, 2.05) is 6.92 Å². The number of rotatable bonds is 8. The summed E-state index contributed by atoms with van der Waals surface area (Å²) < 4.78 is 61.3. The molecule has 1 N–H and O–H groups in total. The van der Waals surface area contributed by atoms with E-state index in [9.17, 15) is 22.8 Å². The van der Waals surface area contributed by atoms with Gasteiger partial charge in [0.05, 0.1) is 26.6 Å². The number of nitrogens with zero attached hydrogens (tertiary/aromatic N) is 4. The van der Waals surface area contributed by atoms with Crippen LogP contribution < -0.4 is 10.2 Å². The molecule has 2 aromatic carbocycles. The van der Waals surface area contributed by atoms with Gasteiger partial charge in [0.25, 0.3) is 0 Å². The summed E-state index contributed by atoms with van der Waals surface area (Å²) in [5.41, 5.74) is -0.974. The number of halogens is 2. The van der Waals surface area contributed by atoms with Crippen molar-refractivity contribution in [1.29, 1.82) is 0 Å². The average Bonchev–Trinajstić information content (AvgIpc) is 3.47. The van der Waals surface area contributed by atoms with Crippen LogP contribution in [0.15, 0.2) is 53.6 Å². The van der Waals surface area contributed by atoms with Gasteiger partial charge in [0.2, 0.25) is 0 Å². The summed E-state index contributed by atoms with van der Waals surface area (Å²) in [6.45, 7) is 17.6. The molecule has 0 saturated heterocycles. The fraction of sp³-hybridized carbons (Fsp3) is 0.500. The minimum atomic E-state index is -4.02. The van der Waals surface area contributed by atoms with E-state index in [1.165, 1.54) is 36.4 Å². The second kappa shape index (κ2) is 16.8. The fourth-order valence-corrected chi connectivity index (χ4v) is 8.74. The molecule has 2 aromatic heterocycles. The summed E-state index contributed by atoms with van der Waals surface area (Å²) >= 11 is 6.18. The van der Waals surface area contributed by atoms with Crippen molar-refractivity contribution in [1.82, 2.24) is 20.1 Å². The smallest absolute Gasteiger partial charge is 0.425 e. The molecule has 0 atom stereocenters. The molecular weight excluding hydrogens is 789 g/mol. The second-order valence-corrected chi connectivity index (χ2v) is 19.8. The lowest BCUT2D eigenvalue weighted by molar-refractivity contribution is 0.0425. The molecule has 13 nitrogen and oxygen atoms in total. The maximum atomic E-state index is 16.1. The first-order valence-electron chi connectivity index (χ1n) is 19.3. The number of amides is 3. The van der Waals surface area contributed by atoms with E-state index in [1.54, 1.807) is 79.3 Å². The Morgan fingerprint density at radius 3 is 2.02 bits per heavy atom. The van der Waals surface area contributed by atoms with E-state index in [-0.39, 0.29) is 49.9 Å². The predicted molar refractivity (Wildman–Crippen MR) is 220 cm³/mol. The van der Waals surface area contributed by atoms with Crippen LogP contribution in [0.3, 0.4) is 0 Å². The Morgan fingerprint density at radius 1 is 0.897 bits per heavy atom. The lowest BCUT2D eigenvalue weighted by atomic mass is 9.81. The number of imide groups is 1. The lowest BCUT2D eigenvalue weighted by Crippen LogP contribution is -2.44. The third-order valence-electron chi connectivity index (χ3n) is 9.17. The number of benzene rings is 2. The molecule has 16 heteroatoms. The Bertz CT molecular complexity index is 2270. The SMILES string of the molecule is CCn1nc(-c2ccc(CS(=O)(=O)c3ccccc3Cl)c(F)c2)c2c(N(C(=O)OC(C)(C)C)C(=O)OC(C)(C)C)ncc(C3CCC(NC(=O)OC(C)(C)C)CC3)c21. The monoisotopic (exact) mass is 841 g/mol. The molecule has 0 spiro atoms. The Labute approximate surface area is 344 Å². The first kappa shape index (κ1) is 44.3. The third kappa shape index (κ3) is 10.6. The summed E-state index contributed by atoms with van der Waals surface area (Å²) in [4.78, 5) is 45.9. The summed E-state index contributed by atoms with van der Waals surface area (Å²) in [5, 5.41) is 8.17. The van der Waals surface area contributed by atoms with E-state index < -0.39 is 56.5 Å². The Morgan fingerprint density at radius 2 is 1.48 bits per heavy atom. The number of hydrogen-bond acceptors (Lipinski definition) is 10. The highest BCUT2D eigenvalue weighted by molar-refractivity contribution is 7.90. The van der Waals surface area contributed by atoms with E-state index >= 15 is 4.39 Å². The normalized spacial score (nSPS) is 16.5. The number of nitrogens with one attached hydrogen (secondary N) is 1. The van der Waals surface area contributed by atoms with Crippen molar-refractivity contribution < 1.29 is 41.4 Å². The molecule has 1 fully saturated rings. The highest BCUT2D eigenvalue weighted by Crippen LogP contribution is 2.43. The second-order valence-electron chi connectivity index (χ2n) is 17.4. The molecule has 314 valence electrons. The zero-order valence-electron chi connectivity index (χ0n) is 34.7. The van der Waals surface area contributed by atoms with Gasteiger partial charge < -0.3 is 19.5 Å². The van der Waals surface area contributed by atoms with Crippen molar-refractivity contribution in [2.75, 3.05) is 4.90 Å². The number of hydrogen-bond donors (Lipinski definition) is 1. The van der Waals surface area contributed by atoms with Gasteiger partial charge in [-0.3, -0.25) is 4.68 Å². The minimum Gasteiger partial charge on any atom is -0.444 e. The van der Waals surface area contributed by atoms with Crippen molar-refractivity contribution in [3.63, 3.8) is 0 Å². The van der Waals surface area contributed by atoms with Crippen LogP contribution in [0.2, 0.25) is 5.02 Å². The van der Waals surface area contributed by atoms with Crippen molar-refractivity contribution in [3.05, 3.63) is 70.6 Å². The van der Waals surface area contributed by atoms with Gasteiger partial charge in [0.1, 0.15) is 28.3 Å². The Balaban J connectivity index is 1.66. The van der Waals surface area contributed by atoms with Gasteiger partial charge in [-0.25, -0.2) is 32.2 Å². The molecule has 5 rings (SSSR count). The summed E-state index contributed by atoms with van der Waals surface area (Å²) in [7, 11) is -4.02. The third-order valence-corrected chi connectivity index (χ3v) is 11.3. The van der Waals surface area contributed by atoms with Crippen molar-refractivity contribution in [2.24, 2.45) is 0 Å². The van der Waals surface area contributed by atoms with Crippen LogP contribution in [-0.2, 0) is 36.3 Å². The van der Waals surface area contributed by atoms with Gasteiger partial charge in [-0.2, -0.15) is 10.00 Å². The fourth-order valence-electron chi connectivity index (χ4n) is 6.80. The Kier molecular flexibility index (Phi) is 12.9. The highest BCUT2D eigenvalue weighted by Gasteiger charge is 2.38. The quantitative estimate of drug-likeness (QED) is 0.169. The molecule has 0 radical (unpaired) electrons. The maximum Gasteiger partial charge on any atom is 0.425 e. The Hall–Kier alpha value is -4.76. The molecule has 0 aliphatic heterocycles. The maximum absolute atomic E-state index is 16.1. The van der Waals surface area contributed by atoms with Crippen LogP contribution in [0.5, 0.6) is 0 Å². The number of sulfone groups is 1. The van der Waals surface area contributed by atoms with E-state index in [0.29, 0.717) is 37.7 Å². The van der Waals surface area contributed by atoms with Crippen LogP contribution in [0.25, 0.3) is 22.2 Å². The molecule has 2 heterocycles. The first-order chi connectivity index (χ1) is 26.9. The number of fused-ring (bicyclic) bond motifs is 1. The number of ether oxygens (including phenoxy) is 3. The summed E-state index contributed by atoms with van der Waals surface area (Å²) in [6.07, 6.45) is 1.65. The standard InChI is InChI=1S/C42H53ClFN5O8S/c1-11-48-35-29(25-18-20-28(21-19-25)46-37(50)55-40(2,3)4)23-45-36(49(38(51)56-41(5,6)7)39(52)57-42(8,9)10)33(35)34(47-48)26-16-17-27(31(44)22-26)24-58(53,54)32-15-13-12-14-30(32)43/h12-17,22-23,25,28H,11,18-21,24H2,1-10H3,(H,46,50). The van der Waals surface area contributed by atoms with Crippen LogP contribution in [0.4, 0.5) is 24.6 Å². The summed E-state index contributed by atoms with van der Waals surface area (Å²) in [5.74, 6) is -1.67. The number of pyridine rings is 1. The van der Waals surface area contributed by atoms with Gasteiger partial charge in [-0.15, -0.1) is 0 Å². The molecule has 4 aromatic rings. The number of alkyl carbamates (subject to hydrolysis) is 1. The number of anilines is 1. The first-order valence-corrected chi connectivity index (χ1v) is 21.3. The topological polar surface area (TPSA) is 159 Å². The van der Waals surface area contributed by atoms with E-state index in [2.05, 4.69) is 5.32 Å². The zero-order chi connectivity index (χ0) is 43.0. The minimum absolute atomic E-state index is 0.0271. The van der Waals surface area contributed by atoms with Gasteiger partial charge in [-0.05, 0) is 125 Å². The largest absolute Gasteiger partial charge is 0.444 e. The molecule has 58 heavy (non-hydrogen) atoms. The van der Waals surface area contributed by atoms with Gasteiger partial charge in [-0.1, -0.05) is 35.9 Å². The molecule has 1 aliphatic rings.